The van der Waals surface area contributed by atoms with Crippen LogP contribution in [0.4, 0.5) is 5.69 Å². The quantitative estimate of drug-likeness (QED) is 0.344. The van der Waals surface area contributed by atoms with Crippen LogP contribution < -0.4 is 0 Å². The van der Waals surface area contributed by atoms with Crippen LogP contribution in [-0.4, -0.2) is 4.92 Å². The van der Waals surface area contributed by atoms with Crippen molar-refractivity contribution in [3.8, 4) is 11.1 Å². The highest BCUT2D eigenvalue weighted by molar-refractivity contribution is 5.78. The molecule has 0 bridgehead atoms. The Morgan fingerprint density at radius 1 is 0.710 bits per heavy atom. The van der Waals surface area contributed by atoms with Gasteiger partial charge in [-0.3, -0.25) is 10.1 Å². The molecule has 0 aromatic heterocycles. The Bertz CT molecular complexity index is 926. The van der Waals surface area contributed by atoms with Crippen molar-refractivity contribution < 1.29 is 4.92 Å². The van der Waals surface area contributed by atoms with E-state index < -0.39 is 0 Å². The lowest BCUT2D eigenvalue weighted by atomic mass is 9.64. The molecule has 0 unspecified atom stereocenters. The van der Waals surface area contributed by atoms with Crippen molar-refractivity contribution in [1.29, 1.82) is 0 Å². The van der Waals surface area contributed by atoms with Gasteiger partial charge in [0.1, 0.15) is 0 Å². The van der Waals surface area contributed by atoms with Crippen LogP contribution in [0.2, 0.25) is 0 Å². The molecular weight excluding hydrogens is 382 g/mol. The Hall–Kier alpha value is -2.16. The van der Waals surface area contributed by atoms with Crippen LogP contribution in [0.3, 0.4) is 0 Å². The molecule has 0 amide bonds. The van der Waals surface area contributed by atoms with Crippen LogP contribution in [-0.2, 0) is 10.8 Å². The van der Waals surface area contributed by atoms with Gasteiger partial charge in [0.15, 0.2) is 0 Å². The van der Waals surface area contributed by atoms with E-state index in [0.717, 1.165) is 29.5 Å². The van der Waals surface area contributed by atoms with E-state index in [2.05, 4.69) is 75.3 Å². The van der Waals surface area contributed by atoms with E-state index in [4.69, 9.17) is 0 Å². The van der Waals surface area contributed by atoms with Crippen LogP contribution >= 0.6 is 0 Å². The minimum Gasteiger partial charge on any atom is -0.258 e. The lowest BCUT2D eigenvalue weighted by molar-refractivity contribution is -0.385. The van der Waals surface area contributed by atoms with Crippen molar-refractivity contribution in [2.75, 3.05) is 0 Å². The monoisotopic (exact) mass is 423 g/mol. The maximum atomic E-state index is 12.6. The van der Waals surface area contributed by atoms with Crippen LogP contribution in [0.1, 0.15) is 93.2 Å². The van der Waals surface area contributed by atoms with Crippen LogP contribution in [0, 0.1) is 20.9 Å². The van der Waals surface area contributed by atoms with Crippen molar-refractivity contribution in [2.45, 2.75) is 92.9 Å². The highest BCUT2D eigenvalue weighted by atomic mass is 16.6. The average Bonchev–Trinajstić information content (AvgIpc) is 2.57. The second kappa shape index (κ2) is 8.41. The van der Waals surface area contributed by atoms with E-state index in [-0.39, 0.29) is 32.3 Å². The summed E-state index contributed by atoms with van der Waals surface area (Å²) in [6, 6.07) is 13.9. The third-order valence-electron chi connectivity index (χ3n) is 5.80. The number of nitrogens with zero attached hydrogens (tertiary/aromatic N) is 1. The summed E-state index contributed by atoms with van der Waals surface area (Å²) in [6.07, 6.45) is 1.80. The summed E-state index contributed by atoms with van der Waals surface area (Å²) in [7, 11) is 0. The highest BCUT2D eigenvalue weighted by Gasteiger charge is 2.41. The smallest absolute Gasteiger partial charge is 0.258 e. The van der Waals surface area contributed by atoms with Gasteiger partial charge in [0.2, 0.25) is 0 Å². The number of rotatable bonds is 6. The van der Waals surface area contributed by atoms with Gasteiger partial charge in [0.05, 0.1) is 10.5 Å². The van der Waals surface area contributed by atoms with E-state index in [0.29, 0.717) is 5.56 Å². The fourth-order valence-electron chi connectivity index (χ4n) is 5.72. The van der Waals surface area contributed by atoms with Gasteiger partial charge < -0.3 is 0 Å². The minimum atomic E-state index is -0.351. The molecule has 170 valence electrons. The maximum absolute atomic E-state index is 12.6. The predicted molar refractivity (Wildman–Crippen MR) is 133 cm³/mol. The Morgan fingerprint density at radius 3 is 1.65 bits per heavy atom. The lowest BCUT2D eigenvalue weighted by Gasteiger charge is -2.40. The van der Waals surface area contributed by atoms with Gasteiger partial charge >= 0.3 is 0 Å². The zero-order valence-electron chi connectivity index (χ0n) is 21.2. The maximum Gasteiger partial charge on any atom is 0.281 e. The Morgan fingerprint density at radius 2 is 1.19 bits per heavy atom. The summed E-state index contributed by atoms with van der Waals surface area (Å²) in [5, 5.41) is 12.6. The standard InChI is InChI=1S/C28H41NO2/c1-25(2,3)18-27(7,8)22-17-16-21(20-14-12-11-13-15-20)24(29(30)31)23(22)28(9,10)19-26(4,5)6/h11-17H,18-19H2,1-10H3. The van der Waals surface area contributed by atoms with Crippen LogP contribution in [0.5, 0.6) is 0 Å². The molecule has 2 rings (SSSR count). The second-order valence-corrected chi connectivity index (χ2v) is 12.8. The molecule has 3 heteroatoms. The molecule has 0 N–H and O–H groups in total. The van der Waals surface area contributed by atoms with Crippen molar-refractivity contribution in [3.05, 3.63) is 63.7 Å². The number of hydrogen-bond acceptors (Lipinski definition) is 2. The molecule has 2 aromatic carbocycles. The zero-order valence-corrected chi connectivity index (χ0v) is 21.2. The summed E-state index contributed by atoms with van der Waals surface area (Å²) in [5.41, 5.74) is 3.47. The van der Waals surface area contributed by atoms with E-state index in [1.54, 1.807) is 0 Å². The van der Waals surface area contributed by atoms with Crippen molar-refractivity contribution in [3.63, 3.8) is 0 Å². The zero-order chi connectivity index (χ0) is 23.8. The molecule has 0 saturated carbocycles. The van der Waals surface area contributed by atoms with Crippen LogP contribution in [0.15, 0.2) is 42.5 Å². The van der Waals surface area contributed by atoms with Crippen molar-refractivity contribution in [2.24, 2.45) is 10.8 Å². The molecule has 3 nitrogen and oxygen atoms in total. The molecule has 2 aromatic rings. The van der Waals surface area contributed by atoms with Gasteiger partial charge in [-0.1, -0.05) is 106 Å². The third kappa shape index (κ3) is 6.18. The predicted octanol–water partition coefficient (Wildman–Crippen LogP) is 8.69. The van der Waals surface area contributed by atoms with Gasteiger partial charge in [-0.2, -0.15) is 0 Å². The van der Waals surface area contributed by atoms with E-state index in [1.807, 2.05) is 36.4 Å². The van der Waals surface area contributed by atoms with Crippen molar-refractivity contribution in [1.82, 2.24) is 0 Å². The number of benzene rings is 2. The summed E-state index contributed by atoms with van der Waals surface area (Å²) in [5.74, 6) is 0. The molecule has 0 saturated heterocycles. The number of hydrogen-bond donors (Lipinski definition) is 0. The highest BCUT2D eigenvalue weighted by Crippen LogP contribution is 2.50. The van der Waals surface area contributed by atoms with Crippen LogP contribution in [0.25, 0.3) is 11.1 Å². The SMILES string of the molecule is CC(C)(C)CC(C)(C)c1ccc(-c2ccccc2)c([N+](=O)[O-])c1C(C)(C)CC(C)(C)C. The summed E-state index contributed by atoms with van der Waals surface area (Å²) in [6.45, 7) is 22.2. The fraction of sp³-hybridized carbons (Fsp3) is 0.571. The Kier molecular flexibility index (Phi) is 6.81. The number of nitro groups is 1. The first-order chi connectivity index (χ1) is 13.9. The summed E-state index contributed by atoms with van der Waals surface area (Å²) >= 11 is 0. The van der Waals surface area contributed by atoms with Crippen molar-refractivity contribution >= 4 is 5.69 Å². The van der Waals surface area contributed by atoms with Gasteiger partial charge in [0.25, 0.3) is 5.69 Å². The molecule has 0 fully saturated rings. The third-order valence-corrected chi connectivity index (χ3v) is 5.80. The normalized spacial score (nSPS) is 13.4. The molecule has 0 aliphatic rings. The van der Waals surface area contributed by atoms with Gasteiger partial charge in [-0.05, 0) is 51.7 Å². The lowest BCUT2D eigenvalue weighted by Crippen LogP contribution is -2.33. The first kappa shape index (κ1) is 25.1. The summed E-state index contributed by atoms with van der Waals surface area (Å²) < 4.78 is 0. The molecule has 0 aliphatic heterocycles. The molecule has 0 atom stereocenters. The molecular formula is C28H41NO2. The Balaban J connectivity index is 2.92. The van der Waals surface area contributed by atoms with E-state index in [9.17, 15) is 10.1 Å². The molecule has 0 radical (unpaired) electrons. The molecule has 0 spiro atoms. The van der Waals surface area contributed by atoms with E-state index >= 15 is 0 Å². The Labute approximate surface area is 189 Å². The fourth-order valence-corrected chi connectivity index (χ4v) is 5.72. The topological polar surface area (TPSA) is 43.1 Å². The molecule has 0 aliphatic carbocycles. The molecule has 0 heterocycles. The van der Waals surface area contributed by atoms with Gasteiger partial charge in [-0.25, -0.2) is 0 Å². The first-order valence-corrected chi connectivity index (χ1v) is 11.3. The largest absolute Gasteiger partial charge is 0.281 e. The second-order valence-electron chi connectivity index (χ2n) is 12.8. The molecule has 31 heavy (non-hydrogen) atoms. The minimum absolute atomic E-state index is 0.0472. The average molecular weight is 424 g/mol. The number of nitro benzene ring substituents is 1. The van der Waals surface area contributed by atoms with Gasteiger partial charge in [-0.15, -0.1) is 0 Å². The first-order valence-electron chi connectivity index (χ1n) is 11.3. The summed E-state index contributed by atoms with van der Waals surface area (Å²) in [4.78, 5) is 12.4. The van der Waals surface area contributed by atoms with Gasteiger partial charge in [0, 0.05) is 5.56 Å². The van der Waals surface area contributed by atoms with E-state index in [1.165, 1.54) is 0 Å².